The second-order valence-corrected chi connectivity index (χ2v) is 5.65. The highest BCUT2D eigenvalue weighted by Gasteiger charge is 2.10. The first-order valence-corrected chi connectivity index (χ1v) is 8.63. The minimum absolute atomic E-state index is 0.349. The Morgan fingerprint density at radius 2 is 2.09 bits per heavy atom. The summed E-state index contributed by atoms with van der Waals surface area (Å²) in [5.41, 5.74) is 0.384. The van der Waals surface area contributed by atoms with Gasteiger partial charge in [0.2, 0.25) is 0 Å². The van der Waals surface area contributed by atoms with E-state index in [9.17, 15) is 4.79 Å². The largest absolute Gasteiger partial charge is 0.461 e. The quantitative estimate of drug-likeness (QED) is 0.475. The number of nitrogens with zero attached hydrogens (tertiary/aromatic N) is 2. The second kappa shape index (κ2) is 11.2. The molecule has 0 fully saturated rings. The van der Waals surface area contributed by atoms with E-state index in [0.29, 0.717) is 18.3 Å². The molecule has 1 atom stereocenters. The van der Waals surface area contributed by atoms with Crippen LogP contribution in [-0.4, -0.2) is 34.7 Å². The van der Waals surface area contributed by atoms with Crippen LogP contribution in [0.15, 0.2) is 12.5 Å². The topological polar surface area (TPSA) is 56.2 Å². The standard InChI is InChI=1S/C17H31N3O2/c1-4-7-8-10-15(9-5-2)18-11-12-20-13-16(19-14-20)17(21)22-6-3/h13-15,18H,4-12H2,1-3H3. The van der Waals surface area contributed by atoms with Crippen LogP contribution in [0.1, 0.15) is 69.8 Å². The van der Waals surface area contributed by atoms with Gasteiger partial charge in [-0.25, -0.2) is 9.78 Å². The van der Waals surface area contributed by atoms with Crippen molar-refractivity contribution in [2.75, 3.05) is 13.2 Å². The maximum atomic E-state index is 11.6. The Bertz CT molecular complexity index is 418. The van der Waals surface area contributed by atoms with Gasteiger partial charge in [-0.1, -0.05) is 39.5 Å². The summed E-state index contributed by atoms with van der Waals surface area (Å²) in [6, 6.07) is 0.601. The monoisotopic (exact) mass is 309 g/mol. The summed E-state index contributed by atoms with van der Waals surface area (Å²) in [6.07, 6.45) is 11.0. The van der Waals surface area contributed by atoms with Crippen LogP contribution in [0.5, 0.6) is 0 Å². The van der Waals surface area contributed by atoms with Gasteiger partial charge in [-0.05, 0) is 19.8 Å². The molecule has 1 unspecified atom stereocenters. The lowest BCUT2D eigenvalue weighted by Crippen LogP contribution is -2.31. The van der Waals surface area contributed by atoms with Crippen molar-refractivity contribution < 1.29 is 9.53 Å². The fourth-order valence-electron chi connectivity index (χ4n) is 2.53. The van der Waals surface area contributed by atoms with Crippen molar-refractivity contribution in [3.63, 3.8) is 0 Å². The van der Waals surface area contributed by atoms with E-state index in [-0.39, 0.29) is 5.97 Å². The Hall–Kier alpha value is -1.36. The Kier molecular flexibility index (Phi) is 9.55. The molecule has 1 rings (SSSR count). The Labute approximate surface area is 134 Å². The third kappa shape index (κ3) is 7.07. The highest BCUT2D eigenvalue weighted by atomic mass is 16.5. The van der Waals surface area contributed by atoms with Gasteiger partial charge in [-0.2, -0.15) is 0 Å². The SMILES string of the molecule is CCCCCC(CCC)NCCn1cnc(C(=O)OCC)c1. The first kappa shape index (κ1) is 18.7. The van der Waals surface area contributed by atoms with Crippen LogP contribution in [0.3, 0.4) is 0 Å². The van der Waals surface area contributed by atoms with Crippen molar-refractivity contribution in [3.8, 4) is 0 Å². The molecule has 5 nitrogen and oxygen atoms in total. The molecule has 0 radical (unpaired) electrons. The Morgan fingerprint density at radius 3 is 2.77 bits per heavy atom. The van der Waals surface area contributed by atoms with E-state index in [4.69, 9.17) is 4.74 Å². The molecule has 1 aromatic heterocycles. The number of rotatable bonds is 12. The molecule has 0 amide bonds. The predicted octanol–water partition coefficient (Wildman–Crippen LogP) is 3.40. The summed E-state index contributed by atoms with van der Waals surface area (Å²) >= 11 is 0. The van der Waals surface area contributed by atoms with Crippen molar-refractivity contribution in [2.45, 2.75) is 71.9 Å². The van der Waals surface area contributed by atoms with Crippen LogP contribution in [-0.2, 0) is 11.3 Å². The summed E-state index contributed by atoms with van der Waals surface area (Å²) in [4.78, 5) is 15.6. The molecular formula is C17H31N3O2. The van der Waals surface area contributed by atoms with Crippen molar-refractivity contribution in [1.82, 2.24) is 14.9 Å². The molecule has 126 valence electrons. The summed E-state index contributed by atoms with van der Waals surface area (Å²) in [7, 11) is 0. The number of nitrogens with one attached hydrogen (secondary N) is 1. The number of ether oxygens (including phenoxy) is 1. The number of aromatic nitrogens is 2. The molecule has 1 N–H and O–H groups in total. The lowest BCUT2D eigenvalue weighted by atomic mass is 10.0. The Morgan fingerprint density at radius 1 is 1.27 bits per heavy atom. The molecular weight excluding hydrogens is 278 g/mol. The van der Waals surface area contributed by atoms with Gasteiger partial charge in [0, 0.05) is 25.3 Å². The van der Waals surface area contributed by atoms with E-state index in [1.165, 1.54) is 38.5 Å². The van der Waals surface area contributed by atoms with Crippen molar-refractivity contribution in [2.24, 2.45) is 0 Å². The van der Waals surface area contributed by atoms with Crippen LogP contribution in [0, 0.1) is 0 Å². The van der Waals surface area contributed by atoms with Gasteiger partial charge >= 0.3 is 5.97 Å². The normalized spacial score (nSPS) is 12.3. The van der Waals surface area contributed by atoms with Crippen molar-refractivity contribution in [1.29, 1.82) is 0 Å². The molecule has 0 aliphatic carbocycles. The van der Waals surface area contributed by atoms with E-state index in [1.54, 1.807) is 19.4 Å². The molecule has 1 heterocycles. The van der Waals surface area contributed by atoms with Gasteiger partial charge in [0.05, 0.1) is 12.9 Å². The maximum absolute atomic E-state index is 11.6. The lowest BCUT2D eigenvalue weighted by Gasteiger charge is -2.18. The molecule has 0 bridgehead atoms. The third-order valence-electron chi connectivity index (χ3n) is 3.71. The number of esters is 1. The number of unbranched alkanes of at least 4 members (excludes halogenated alkanes) is 2. The molecule has 0 saturated carbocycles. The van der Waals surface area contributed by atoms with Gasteiger partial charge in [0.25, 0.3) is 0 Å². The number of hydrogen-bond donors (Lipinski definition) is 1. The fraction of sp³-hybridized carbons (Fsp3) is 0.765. The highest BCUT2D eigenvalue weighted by Crippen LogP contribution is 2.08. The molecule has 5 heteroatoms. The smallest absolute Gasteiger partial charge is 0.358 e. The summed E-state index contributed by atoms with van der Waals surface area (Å²) in [6.45, 7) is 8.36. The maximum Gasteiger partial charge on any atom is 0.358 e. The van der Waals surface area contributed by atoms with E-state index in [2.05, 4.69) is 24.1 Å². The van der Waals surface area contributed by atoms with Gasteiger partial charge in [0.15, 0.2) is 5.69 Å². The average Bonchev–Trinajstić information content (AvgIpc) is 2.97. The van der Waals surface area contributed by atoms with Crippen LogP contribution < -0.4 is 5.32 Å². The van der Waals surface area contributed by atoms with Crippen molar-refractivity contribution in [3.05, 3.63) is 18.2 Å². The van der Waals surface area contributed by atoms with Crippen molar-refractivity contribution >= 4 is 5.97 Å². The molecule has 22 heavy (non-hydrogen) atoms. The van der Waals surface area contributed by atoms with E-state index in [0.717, 1.165) is 13.1 Å². The molecule has 0 aliphatic heterocycles. The third-order valence-corrected chi connectivity index (χ3v) is 3.71. The van der Waals surface area contributed by atoms with Gasteiger partial charge < -0.3 is 14.6 Å². The minimum atomic E-state index is -0.349. The van der Waals surface area contributed by atoms with Crippen LogP contribution >= 0.6 is 0 Å². The summed E-state index contributed by atoms with van der Waals surface area (Å²) in [5.74, 6) is -0.349. The average molecular weight is 309 g/mol. The first-order chi connectivity index (χ1) is 10.7. The van der Waals surface area contributed by atoms with E-state index < -0.39 is 0 Å². The molecule has 0 aromatic carbocycles. The number of carbonyl (C=O) groups excluding carboxylic acids is 1. The fourth-order valence-corrected chi connectivity index (χ4v) is 2.53. The zero-order valence-corrected chi connectivity index (χ0v) is 14.3. The molecule has 0 aliphatic rings. The number of hydrogen-bond acceptors (Lipinski definition) is 4. The molecule has 0 spiro atoms. The minimum Gasteiger partial charge on any atom is -0.461 e. The van der Waals surface area contributed by atoms with E-state index in [1.807, 2.05) is 4.57 Å². The van der Waals surface area contributed by atoms with Crippen LogP contribution in [0.2, 0.25) is 0 Å². The predicted molar refractivity (Wildman–Crippen MR) is 89.0 cm³/mol. The van der Waals surface area contributed by atoms with Crippen LogP contribution in [0.25, 0.3) is 0 Å². The summed E-state index contributed by atoms with van der Waals surface area (Å²) in [5, 5.41) is 3.63. The highest BCUT2D eigenvalue weighted by molar-refractivity contribution is 5.86. The van der Waals surface area contributed by atoms with E-state index >= 15 is 0 Å². The number of imidazole rings is 1. The van der Waals surface area contributed by atoms with Crippen LogP contribution in [0.4, 0.5) is 0 Å². The number of carbonyl (C=O) groups is 1. The molecule has 0 saturated heterocycles. The van der Waals surface area contributed by atoms with Gasteiger partial charge in [-0.3, -0.25) is 0 Å². The molecule has 1 aromatic rings. The Balaban J connectivity index is 2.33. The second-order valence-electron chi connectivity index (χ2n) is 5.65. The zero-order valence-electron chi connectivity index (χ0n) is 14.3. The zero-order chi connectivity index (χ0) is 16.2. The summed E-state index contributed by atoms with van der Waals surface area (Å²) < 4.78 is 6.88. The lowest BCUT2D eigenvalue weighted by molar-refractivity contribution is 0.0520. The van der Waals surface area contributed by atoms with Gasteiger partial charge in [0.1, 0.15) is 0 Å². The van der Waals surface area contributed by atoms with Gasteiger partial charge in [-0.15, -0.1) is 0 Å². The first-order valence-electron chi connectivity index (χ1n) is 8.63.